The van der Waals surface area contributed by atoms with E-state index in [1.54, 1.807) is 0 Å². The molecule has 3 rings (SSSR count). The van der Waals surface area contributed by atoms with Gasteiger partial charge >= 0.3 is 12.1 Å². The fourth-order valence-corrected chi connectivity index (χ4v) is 4.17. The van der Waals surface area contributed by atoms with Crippen LogP contribution < -0.4 is 10.2 Å². The van der Waals surface area contributed by atoms with E-state index in [-0.39, 0.29) is 17.0 Å². The van der Waals surface area contributed by atoms with Crippen LogP contribution in [0, 0.1) is 17.6 Å². The van der Waals surface area contributed by atoms with Gasteiger partial charge in [0.05, 0.1) is 23.4 Å². The van der Waals surface area contributed by atoms with Crippen molar-refractivity contribution in [2.24, 2.45) is 5.92 Å². The van der Waals surface area contributed by atoms with Crippen LogP contribution in [0.3, 0.4) is 0 Å². The summed E-state index contributed by atoms with van der Waals surface area (Å²) < 4.78 is 69.6. The van der Waals surface area contributed by atoms with Gasteiger partial charge in [-0.05, 0) is 51.2 Å². The molecule has 176 valence electrons. The Morgan fingerprint density at radius 3 is 2.38 bits per heavy atom. The van der Waals surface area contributed by atoms with Gasteiger partial charge in [0.2, 0.25) is 11.8 Å². The Morgan fingerprint density at radius 2 is 1.88 bits per heavy atom. The third kappa shape index (κ3) is 4.29. The molecule has 2 amide bonds. The minimum absolute atomic E-state index is 0.132. The summed E-state index contributed by atoms with van der Waals surface area (Å²) in [5, 5.41) is 10.8. The zero-order valence-electron chi connectivity index (χ0n) is 17.6. The van der Waals surface area contributed by atoms with Crippen LogP contribution in [0.15, 0.2) is 6.07 Å². The van der Waals surface area contributed by atoms with E-state index in [1.165, 1.54) is 13.8 Å². The molecular formula is C21H23F5N2O4. The monoisotopic (exact) mass is 462 g/mol. The highest BCUT2D eigenvalue weighted by Gasteiger charge is 2.50. The predicted molar refractivity (Wildman–Crippen MR) is 103 cm³/mol. The number of benzene rings is 1. The number of aliphatic carboxylic acids is 1. The van der Waals surface area contributed by atoms with Crippen molar-refractivity contribution in [2.75, 3.05) is 11.4 Å². The summed E-state index contributed by atoms with van der Waals surface area (Å²) in [6.07, 6.45) is -4.75. The van der Waals surface area contributed by atoms with Crippen LogP contribution in [0.1, 0.15) is 57.1 Å². The topological polar surface area (TPSA) is 86.7 Å². The first-order chi connectivity index (χ1) is 14.7. The molecule has 0 bridgehead atoms. The molecule has 1 aliphatic heterocycles. The molecule has 0 radical (unpaired) electrons. The molecule has 0 aromatic heterocycles. The van der Waals surface area contributed by atoms with E-state index in [4.69, 9.17) is 5.11 Å². The Kier molecular flexibility index (Phi) is 5.99. The van der Waals surface area contributed by atoms with Crippen LogP contribution in [-0.4, -0.2) is 41.7 Å². The molecule has 0 unspecified atom stereocenters. The molecule has 1 aromatic rings. The normalized spacial score (nSPS) is 19.5. The maximum Gasteiger partial charge on any atom is 0.394 e. The molecule has 11 heteroatoms. The van der Waals surface area contributed by atoms with Crippen molar-refractivity contribution >= 4 is 23.5 Å². The van der Waals surface area contributed by atoms with Crippen molar-refractivity contribution in [2.45, 2.75) is 63.6 Å². The number of carbonyl (C=O) groups is 3. The van der Waals surface area contributed by atoms with Gasteiger partial charge < -0.3 is 10.4 Å². The van der Waals surface area contributed by atoms with Gasteiger partial charge in [-0.3, -0.25) is 19.3 Å². The SMILES string of the molecule is C[C@@H](NC(=O)CN1C(=O)C(C)(C)c2c(F)c(C3CC3)cc(F)c21)[C@@H](CC(=O)O)C(F)(F)F. The summed E-state index contributed by atoms with van der Waals surface area (Å²) in [6, 6.07) is -0.622. The van der Waals surface area contributed by atoms with E-state index in [2.05, 4.69) is 0 Å². The van der Waals surface area contributed by atoms with E-state index < -0.39 is 71.6 Å². The van der Waals surface area contributed by atoms with Crippen molar-refractivity contribution in [1.29, 1.82) is 0 Å². The van der Waals surface area contributed by atoms with Crippen molar-refractivity contribution in [3.8, 4) is 0 Å². The number of fused-ring (bicyclic) bond motifs is 1. The predicted octanol–water partition coefficient (Wildman–Crippen LogP) is 3.62. The number of hydrogen-bond donors (Lipinski definition) is 2. The maximum atomic E-state index is 15.2. The van der Waals surface area contributed by atoms with Crippen LogP contribution in [0.2, 0.25) is 0 Å². The zero-order valence-corrected chi connectivity index (χ0v) is 17.6. The molecule has 2 N–H and O–H groups in total. The zero-order chi connectivity index (χ0) is 24.2. The van der Waals surface area contributed by atoms with Gasteiger partial charge in [0.25, 0.3) is 0 Å². The minimum Gasteiger partial charge on any atom is -0.481 e. The molecule has 1 saturated carbocycles. The van der Waals surface area contributed by atoms with Crippen LogP contribution in [-0.2, 0) is 19.8 Å². The fourth-order valence-electron chi connectivity index (χ4n) is 4.17. The smallest absolute Gasteiger partial charge is 0.394 e. The first-order valence-corrected chi connectivity index (χ1v) is 10.1. The number of alkyl halides is 3. The van der Waals surface area contributed by atoms with Gasteiger partial charge in [-0.15, -0.1) is 0 Å². The molecule has 1 fully saturated rings. The number of carboxylic acids is 1. The Balaban J connectivity index is 1.86. The van der Waals surface area contributed by atoms with Crippen LogP contribution in [0.4, 0.5) is 27.6 Å². The highest BCUT2D eigenvalue weighted by Crippen LogP contribution is 2.50. The van der Waals surface area contributed by atoms with Crippen LogP contribution in [0.25, 0.3) is 0 Å². The van der Waals surface area contributed by atoms with Gasteiger partial charge in [0, 0.05) is 11.6 Å². The minimum atomic E-state index is -4.89. The molecule has 32 heavy (non-hydrogen) atoms. The van der Waals surface area contributed by atoms with E-state index in [0.29, 0.717) is 12.8 Å². The Morgan fingerprint density at radius 1 is 1.28 bits per heavy atom. The number of hydrogen-bond acceptors (Lipinski definition) is 3. The first kappa shape index (κ1) is 23.9. The van der Waals surface area contributed by atoms with Crippen LogP contribution in [0.5, 0.6) is 0 Å². The Labute approximate surface area is 180 Å². The lowest BCUT2D eigenvalue weighted by Gasteiger charge is -2.27. The average molecular weight is 462 g/mol. The average Bonchev–Trinajstić information content (AvgIpc) is 3.45. The highest BCUT2D eigenvalue weighted by atomic mass is 19.4. The van der Waals surface area contributed by atoms with Gasteiger partial charge in [-0.2, -0.15) is 13.2 Å². The quantitative estimate of drug-likeness (QED) is 0.606. The Hall–Kier alpha value is -2.72. The number of carbonyl (C=O) groups excluding carboxylic acids is 2. The lowest BCUT2D eigenvalue weighted by Crippen LogP contribution is -2.49. The van der Waals surface area contributed by atoms with Crippen molar-refractivity contribution in [3.05, 3.63) is 28.8 Å². The summed E-state index contributed by atoms with van der Waals surface area (Å²) in [7, 11) is 0. The van der Waals surface area contributed by atoms with Crippen molar-refractivity contribution < 1.29 is 41.4 Å². The largest absolute Gasteiger partial charge is 0.481 e. The molecule has 2 atom stereocenters. The van der Waals surface area contributed by atoms with Crippen molar-refractivity contribution in [3.63, 3.8) is 0 Å². The number of halogens is 5. The lowest BCUT2D eigenvalue weighted by atomic mass is 9.84. The molecular weight excluding hydrogens is 439 g/mol. The van der Waals surface area contributed by atoms with Gasteiger partial charge in [-0.25, -0.2) is 8.78 Å². The number of nitrogens with one attached hydrogen (secondary N) is 1. The molecule has 0 saturated heterocycles. The van der Waals surface area contributed by atoms with Crippen LogP contribution >= 0.6 is 0 Å². The second kappa shape index (κ2) is 8.00. The maximum absolute atomic E-state index is 15.2. The highest BCUT2D eigenvalue weighted by molar-refractivity contribution is 6.10. The molecule has 1 aliphatic carbocycles. The molecule has 2 aliphatic rings. The second-order valence-electron chi connectivity index (χ2n) is 8.88. The van der Waals surface area contributed by atoms with Gasteiger partial charge in [-0.1, -0.05) is 0 Å². The number of carboxylic acid groups (broad SMARTS) is 1. The van der Waals surface area contributed by atoms with E-state index >= 15 is 4.39 Å². The molecule has 1 aromatic carbocycles. The Bertz CT molecular complexity index is 972. The molecule has 0 spiro atoms. The fraction of sp³-hybridized carbons (Fsp3) is 0.571. The third-order valence-corrected chi connectivity index (χ3v) is 6.02. The number of amides is 2. The second-order valence-corrected chi connectivity index (χ2v) is 8.88. The summed E-state index contributed by atoms with van der Waals surface area (Å²) in [5.74, 6) is -7.61. The van der Waals surface area contributed by atoms with E-state index in [9.17, 15) is 31.9 Å². The number of nitrogens with zero attached hydrogens (tertiary/aromatic N) is 1. The summed E-state index contributed by atoms with van der Waals surface area (Å²) in [6.45, 7) is 2.93. The van der Waals surface area contributed by atoms with E-state index in [0.717, 1.165) is 17.9 Å². The van der Waals surface area contributed by atoms with E-state index in [1.807, 2.05) is 5.32 Å². The lowest BCUT2D eigenvalue weighted by molar-refractivity contribution is -0.189. The van der Waals surface area contributed by atoms with Gasteiger partial charge in [0.15, 0.2) is 0 Å². The molecule has 1 heterocycles. The molecule has 6 nitrogen and oxygen atoms in total. The van der Waals surface area contributed by atoms with Gasteiger partial charge in [0.1, 0.15) is 18.2 Å². The number of rotatable bonds is 7. The summed E-state index contributed by atoms with van der Waals surface area (Å²) >= 11 is 0. The number of anilines is 1. The first-order valence-electron chi connectivity index (χ1n) is 10.1. The summed E-state index contributed by atoms with van der Waals surface area (Å²) in [4.78, 5) is 36.9. The van der Waals surface area contributed by atoms with Crippen molar-refractivity contribution in [1.82, 2.24) is 5.32 Å². The summed E-state index contributed by atoms with van der Waals surface area (Å²) in [5.41, 5.74) is -1.88. The standard InChI is InChI=1S/C21H23F5N2O4/c1-9(12(7-15(30)31)21(24,25)26)27-14(29)8-28-18-13(22)6-11(10-4-5-10)17(23)16(18)20(2,3)19(28)32/h6,9-10,12H,4-5,7-8H2,1-3H3,(H,27,29)(H,30,31)/t9-,12-/m1/s1. The third-order valence-electron chi connectivity index (χ3n) is 6.02.